The van der Waals surface area contributed by atoms with E-state index in [4.69, 9.17) is 5.73 Å². The molecule has 0 amide bonds. The Balaban J connectivity index is 2.16. The van der Waals surface area contributed by atoms with Gasteiger partial charge in [-0.3, -0.25) is 0 Å². The minimum absolute atomic E-state index is 0.308. The first-order valence-electron chi connectivity index (χ1n) is 6.73. The minimum Gasteiger partial charge on any atom is -0.326 e. The van der Waals surface area contributed by atoms with Gasteiger partial charge in [0.05, 0.1) is 4.90 Å². The molecule has 0 aliphatic heterocycles. The molecule has 1 aromatic heterocycles. The van der Waals surface area contributed by atoms with Crippen molar-refractivity contribution < 1.29 is 8.42 Å². The Labute approximate surface area is 130 Å². The Morgan fingerprint density at radius 1 is 1.29 bits per heavy atom. The van der Waals surface area contributed by atoms with Crippen LogP contribution in [0.15, 0.2) is 40.6 Å². The summed E-state index contributed by atoms with van der Waals surface area (Å²) in [4.78, 5) is 1.49. The lowest BCUT2D eigenvalue weighted by Crippen LogP contribution is -2.29. The molecule has 4 nitrogen and oxygen atoms in total. The summed E-state index contributed by atoms with van der Waals surface area (Å²) in [5, 5.41) is 2.00. The lowest BCUT2D eigenvalue weighted by atomic mass is 10.1. The maximum atomic E-state index is 12.6. The van der Waals surface area contributed by atoms with Gasteiger partial charge in [0, 0.05) is 25.0 Å². The first-order valence-corrected chi connectivity index (χ1v) is 9.05. The largest absolute Gasteiger partial charge is 0.326 e. The Morgan fingerprint density at radius 2 is 2.05 bits per heavy atom. The SMILES string of the molecule is Cc1ccc(S(=O)(=O)N(C)CCc2cccs2)cc1CN. The number of likely N-dealkylation sites (N-methyl/N-ethyl adjacent to an activating group) is 1. The van der Waals surface area contributed by atoms with Crippen LogP contribution in [0.25, 0.3) is 0 Å². The second-order valence-electron chi connectivity index (χ2n) is 4.95. The third-order valence-electron chi connectivity index (χ3n) is 3.50. The number of thiophene rings is 1. The molecule has 1 aromatic carbocycles. The van der Waals surface area contributed by atoms with E-state index in [0.29, 0.717) is 18.0 Å². The summed E-state index contributed by atoms with van der Waals surface area (Å²) in [6.45, 7) is 2.74. The standard InChI is InChI=1S/C15H20N2O2S2/c1-12-5-6-15(10-13(12)11-16)21(18,19)17(2)8-7-14-4-3-9-20-14/h3-6,9-10H,7-8,11,16H2,1-2H3. The lowest BCUT2D eigenvalue weighted by molar-refractivity contribution is 0.473. The van der Waals surface area contributed by atoms with Crippen LogP contribution in [-0.4, -0.2) is 26.3 Å². The molecule has 0 aliphatic carbocycles. The molecule has 0 fully saturated rings. The summed E-state index contributed by atoms with van der Waals surface area (Å²) < 4.78 is 26.5. The highest BCUT2D eigenvalue weighted by Gasteiger charge is 2.21. The third-order valence-corrected chi connectivity index (χ3v) is 6.29. The maximum Gasteiger partial charge on any atom is 0.242 e. The van der Waals surface area contributed by atoms with E-state index in [9.17, 15) is 8.42 Å². The zero-order chi connectivity index (χ0) is 15.5. The summed E-state index contributed by atoms with van der Waals surface area (Å²) in [7, 11) is -1.84. The maximum absolute atomic E-state index is 12.6. The van der Waals surface area contributed by atoms with E-state index in [1.165, 1.54) is 9.18 Å². The molecule has 0 spiro atoms. The van der Waals surface area contributed by atoms with Crippen molar-refractivity contribution in [2.24, 2.45) is 5.73 Å². The molecule has 0 saturated carbocycles. The molecule has 114 valence electrons. The van der Waals surface area contributed by atoms with Crippen LogP contribution in [0.4, 0.5) is 0 Å². The van der Waals surface area contributed by atoms with Crippen molar-refractivity contribution in [2.75, 3.05) is 13.6 Å². The van der Waals surface area contributed by atoms with Gasteiger partial charge < -0.3 is 5.73 Å². The normalized spacial score (nSPS) is 12.0. The molecular formula is C15H20N2O2S2. The topological polar surface area (TPSA) is 63.4 Å². The molecule has 21 heavy (non-hydrogen) atoms. The number of nitrogens with two attached hydrogens (primary N) is 1. The van der Waals surface area contributed by atoms with Crippen molar-refractivity contribution in [3.05, 3.63) is 51.7 Å². The summed E-state index contributed by atoms with van der Waals surface area (Å²) in [6, 6.07) is 9.12. The second-order valence-corrected chi connectivity index (χ2v) is 8.03. The zero-order valence-electron chi connectivity index (χ0n) is 12.2. The summed E-state index contributed by atoms with van der Waals surface area (Å²) in [5.41, 5.74) is 7.53. The van der Waals surface area contributed by atoms with Crippen LogP contribution in [0.3, 0.4) is 0 Å². The second kappa shape index (κ2) is 6.70. The quantitative estimate of drug-likeness (QED) is 0.887. The molecule has 0 bridgehead atoms. The molecule has 1 heterocycles. The molecule has 0 aliphatic rings. The van der Waals surface area contributed by atoms with E-state index in [-0.39, 0.29) is 0 Å². The molecule has 2 N–H and O–H groups in total. The van der Waals surface area contributed by atoms with Crippen molar-refractivity contribution in [2.45, 2.75) is 24.8 Å². The van der Waals surface area contributed by atoms with Crippen LogP contribution in [-0.2, 0) is 23.0 Å². The van der Waals surface area contributed by atoms with Crippen LogP contribution in [0.1, 0.15) is 16.0 Å². The van der Waals surface area contributed by atoms with Gasteiger partial charge in [0.1, 0.15) is 0 Å². The number of sulfonamides is 1. The first kappa shape index (κ1) is 16.2. The van der Waals surface area contributed by atoms with Crippen LogP contribution in [0, 0.1) is 6.92 Å². The molecule has 0 radical (unpaired) electrons. The van der Waals surface area contributed by atoms with Crippen LogP contribution in [0.5, 0.6) is 0 Å². The van der Waals surface area contributed by atoms with Gasteiger partial charge in [0.2, 0.25) is 10.0 Å². The molecular weight excluding hydrogens is 304 g/mol. The van der Waals surface area contributed by atoms with Crippen molar-refractivity contribution >= 4 is 21.4 Å². The third kappa shape index (κ3) is 3.71. The summed E-state index contributed by atoms with van der Waals surface area (Å²) in [6.07, 6.45) is 0.725. The van der Waals surface area contributed by atoms with Gasteiger partial charge in [-0.15, -0.1) is 11.3 Å². The fourth-order valence-electron chi connectivity index (χ4n) is 2.05. The first-order chi connectivity index (χ1) is 9.95. The Hall–Kier alpha value is -1.21. The van der Waals surface area contributed by atoms with Crippen molar-refractivity contribution in [1.29, 1.82) is 0 Å². The Bertz CT molecular complexity index is 694. The van der Waals surface area contributed by atoms with E-state index < -0.39 is 10.0 Å². The van der Waals surface area contributed by atoms with Crippen molar-refractivity contribution in [3.63, 3.8) is 0 Å². The summed E-state index contributed by atoms with van der Waals surface area (Å²) in [5.74, 6) is 0. The number of rotatable bonds is 6. The van der Waals surface area contributed by atoms with Crippen LogP contribution in [0.2, 0.25) is 0 Å². The summed E-state index contributed by atoms with van der Waals surface area (Å²) >= 11 is 1.64. The fourth-order valence-corrected chi connectivity index (χ4v) is 3.97. The highest BCUT2D eigenvalue weighted by atomic mass is 32.2. The highest BCUT2D eigenvalue weighted by molar-refractivity contribution is 7.89. The molecule has 2 aromatic rings. The van der Waals surface area contributed by atoms with Crippen LogP contribution < -0.4 is 5.73 Å². The van der Waals surface area contributed by atoms with Gasteiger partial charge in [0.15, 0.2) is 0 Å². The van der Waals surface area contributed by atoms with Gasteiger partial charge in [0.25, 0.3) is 0 Å². The molecule has 2 rings (SSSR count). The number of nitrogens with zero attached hydrogens (tertiary/aromatic N) is 1. The van der Waals surface area contributed by atoms with Gasteiger partial charge in [-0.25, -0.2) is 12.7 Å². The van der Waals surface area contributed by atoms with Gasteiger partial charge in [-0.2, -0.15) is 0 Å². The number of benzene rings is 1. The van der Waals surface area contributed by atoms with Crippen molar-refractivity contribution in [1.82, 2.24) is 4.31 Å². The van der Waals surface area contributed by atoms with E-state index in [1.54, 1.807) is 30.5 Å². The number of aryl methyl sites for hydroxylation is 1. The van der Waals surface area contributed by atoms with Gasteiger partial charge >= 0.3 is 0 Å². The van der Waals surface area contributed by atoms with Crippen molar-refractivity contribution in [3.8, 4) is 0 Å². The Morgan fingerprint density at radius 3 is 2.67 bits per heavy atom. The molecule has 0 saturated heterocycles. The predicted molar refractivity (Wildman–Crippen MR) is 86.9 cm³/mol. The lowest BCUT2D eigenvalue weighted by Gasteiger charge is -2.17. The number of hydrogen-bond donors (Lipinski definition) is 1. The molecule has 0 atom stereocenters. The number of hydrogen-bond acceptors (Lipinski definition) is 4. The van der Waals surface area contributed by atoms with Gasteiger partial charge in [-0.1, -0.05) is 12.1 Å². The smallest absolute Gasteiger partial charge is 0.242 e. The average Bonchev–Trinajstić information content (AvgIpc) is 2.98. The zero-order valence-corrected chi connectivity index (χ0v) is 13.9. The van der Waals surface area contributed by atoms with E-state index in [0.717, 1.165) is 17.5 Å². The Kier molecular flexibility index (Phi) is 5.16. The monoisotopic (exact) mass is 324 g/mol. The van der Waals surface area contributed by atoms with E-state index in [1.807, 2.05) is 30.5 Å². The fraction of sp³-hybridized carbons (Fsp3) is 0.333. The van der Waals surface area contributed by atoms with E-state index >= 15 is 0 Å². The minimum atomic E-state index is -3.46. The van der Waals surface area contributed by atoms with Crippen LogP contribution >= 0.6 is 11.3 Å². The average molecular weight is 324 g/mol. The predicted octanol–water partition coefficient (Wildman–Crippen LogP) is 2.38. The highest BCUT2D eigenvalue weighted by Crippen LogP contribution is 2.19. The molecule has 6 heteroatoms. The molecule has 0 unspecified atom stereocenters. The van der Waals surface area contributed by atoms with E-state index in [2.05, 4.69) is 0 Å². The van der Waals surface area contributed by atoms with Gasteiger partial charge in [-0.05, 0) is 48.1 Å².